The van der Waals surface area contributed by atoms with Gasteiger partial charge in [0.25, 0.3) is 0 Å². The van der Waals surface area contributed by atoms with Crippen molar-refractivity contribution >= 4 is 29.7 Å². The summed E-state index contributed by atoms with van der Waals surface area (Å²) in [6, 6.07) is 3.93. The number of benzene rings is 1. The van der Waals surface area contributed by atoms with E-state index in [1.54, 1.807) is 0 Å². The second-order valence-corrected chi connectivity index (χ2v) is 2.18. The van der Waals surface area contributed by atoms with E-state index in [4.69, 9.17) is 17.4 Å². The van der Waals surface area contributed by atoms with Crippen LogP contribution in [0.2, 0.25) is 5.02 Å². The minimum Gasteiger partial charge on any atom is -0.323 e. The van der Waals surface area contributed by atoms with Gasteiger partial charge < -0.3 is 5.43 Å². The maximum absolute atomic E-state index is 12.4. The molecular weight excluding hydrogens is 202 g/mol. The molecule has 2 nitrogen and oxygen atoms in total. The van der Waals surface area contributed by atoms with Gasteiger partial charge in [-0.2, -0.15) is 0 Å². The first-order valence-electron chi connectivity index (χ1n) is 2.65. The largest absolute Gasteiger partial charge is 0.323 e. The molecule has 0 saturated carbocycles. The summed E-state index contributed by atoms with van der Waals surface area (Å²) in [4.78, 5) is 0. The lowest BCUT2D eigenvalue weighted by molar-refractivity contribution is 0.628. The summed E-state index contributed by atoms with van der Waals surface area (Å²) in [5, 5.41) is 0.406. The Bertz CT molecular complexity index is 243. The molecule has 0 aromatic heterocycles. The van der Waals surface area contributed by atoms with Gasteiger partial charge in [0.1, 0.15) is 5.82 Å². The topological polar surface area (TPSA) is 38.0 Å². The summed E-state index contributed by atoms with van der Waals surface area (Å²) in [5.74, 6) is 4.65. The van der Waals surface area contributed by atoms with Crippen LogP contribution in [0.4, 0.5) is 10.1 Å². The Morgan fingerprint density at radius 2 is 2.00 bits per heavy atom. The first kappa shape index (κ1) is 14.0. The van der Waals surface area contributed by atoms with Gasteiger partial charge in [-0.05, 0) is 18.2 Å². The lowest BCUT2D eigenvalue weighted by atomic mass is 10.3. The molecule has 3 N–H and O–H groups in total. The van der Waals surface area contributed by atoms with Gasteiger partial charge in [-0.15, -0.1) is 12.4 Å². The van der Waals surface area contributed by atoms with Crippen molar-refractivity contribution in [1.29, 1.82) is 0 Å². The van der Waals surface area contributed by atoms with Crippen LogP contribution < -0.4 is 11.3 Å². The van der Waals surface area contributed by atoms with Gasteiger partial charge in [-0.1, -0.05) is 19.0 Å². The van der Waals surface area contributed by atoms with Crippen molar-refractivity contribution in [1.82, 2.24) is 0 Å². The molecule has 0 aliphatic carbocycles. The van der Waals surface area contributed by atoms with Crippen LogP contribution in [0.1, 0.15) is 7.43 Å². The van der Waals surface area contributed by atoms with E-state index in [0.29, 0.717) is 10.7 Å². The summed E-state index contributed by atoms with van der Waals surface area (Å²) >= 11 is 5.59. The summed E-state index contributed by atoms with van der Waals surface area (Å²) in [6.07, 6.45) is 0. The number of anilines is 1. The van der Waals surface area contributed by atoms with E-state index >= 15 is 0 Å². The van der Waals surface area contributed by atoms with Crippen LogP contribution in [-0.4, -0.2) is 0 Å². The van der Waals surface area contributed by atoms with Crippen molar-refractivity contribution < 1.29 is 4.39 Å². The van der Waals surface area contributed by atoms with Crippen LogP contribution >= 0.6 is 24.0 Å². The molecule has 12 heavy (non-hydrogen) atoms. The molecule has 70 valence electrons. The van der Waals surface area contributed by atoms with Gasteiger partial charge in [0.05, 0.1) is 10.7 Å². The van der Waals surface area contributed by atoms with E-state index in [-0.39, 0.29) is 25.7 Å². The fourth-order valence-corrected chi connectivity index (χ4v) is 0.780. The van der Waals surface area contributed by atoms with Crippen molar-refractivity contribution in [3.8, 4) is 0 Å². The Kier molecular flexibility index (Phi) is 7.09. The predicted molar refractivity (Wildman–Crippen MR) is 53.2 cm³/mol. The molecule has 0 aliphatic heterocycles. The smallest absolute Gasteiger partial charge is 0.125 e. The van der Waals surface area contributed by atoms with Crippen LogP contribution in [-0.2, 0) is 0 Å². The van der Waals surface area contributed by atoms with E-state index in [1.807, 2.05) is 0 Å². The van der Waals surface area contributed by atoms with Gasteiger partial charge in [-0.3, -0.25) is 5.84 Å². The maximum atomic E-state index is 12.4. The Morgan fingerprint density at radius 1 is 1.42 bits per heavy atom. The lowest BCUT2D eigenvalue weighted by Crippen LogP contribution is -2.07. The number of hydrazine groups is 1. The molecular formula is C7H11Cl2FN2. The minimum atomic E-state index is -0.364. The Labute approximate surface area is 82.3 Å². The molecule has 0 atom stereocenters. The van der Waals surface area contributed by atoms with Gasteiger partial charge in [0.2, 0.25) is 0 Å². The molecule has 5 heteroatoms. The van der Waals surface area contributed by atoms with Gasteiger partial charge in [0, 0.05) is 0 Å². The highest BCUT2D eigenvalue weighted by molar-refractivity contribution is 6.33. The number of hydrogen-bond donors (Lipinski definition) is 2. The number of nitrogens with one attached hydrogen (secondary N) is 1. The number of nitrogen functional groups attached to an aromatic ring is 1. The number of halogens is 3. The SMILES string of the molecule is C.Cl.NNc1cc(F)ccc1Cl. The number of nitrogens with two attached hydrogens (primary N) is 1. The van der Waals surface area contributed by atoms with Gasteiger partial charge in [-0.25, -0.2) is 4.39 Å². The maximum Gasteiger partial charge on any atom is 0.125 e. The van der Waals surface area contributed by atoms with Crippen LogP contribution in [0.5, 0.6) is 0 Å². The van der Waals surface area contributed by atoms with Gasteiger partial charge >= 0.3 is 0 Å². The third-order valence-electron chi connectivity index (χ3n) is 1.08. The molecule has 0 spiro atoms. The van der Waals surface area contributed by atoms with Crippen LogP contribution in [0, 0.1) is 5.82 Å². The van der Waals surface area contributed by atoms with Crippen molar-refractivity contribution in [3.63, 3.8) is 0 Å². The molecule has 0 fully saturated rings. The number of rotatable bonds is 1. The molecule has 1 rings (SSSR count). The summed E-state index contributed by atoms with van der Waals surface area (Å²) < 4.78 is 12.4. The van der Waals surface area contributed by atoms with Crippen molar-refractivity contribution in [2.45, 2.75) is 7.43 Å². The Balaban J connectivity index is 0. The molecule has 0 radical (unpaired) electrons. The average molecular weight is 213 g/mol. The average Bonchev–Trinajstić information content (AvgIpc) is 1.94. The molecule has 0 saturated heterocycles. The molecule has 1 aromatic carbocycles. The molecule has 0 heterocycles. The summed E-state index contributed by atoms with van der Waals surface area (Å²) in [5.41, 5.74) is 2.65. The third kappa shape index (κ3) is 3.26. The first-order valence-corrected chi connectivity index (χ1v) is 3.03. The third-order valence-corrected chi connectivity index (χ3v) is 1.41. The second kappa shape index (κ2) is 6.06. The normalized spacial score (nSPS) is 7.92. The standard InChI is InChI=1S/C6H6ClFN2.CH4.ClH/c7-5-2-1-4(8)3-6(5)10-9;;/h1-3,10H,9H2;1H4;1H. The van der Waals surface area contributed by atoms with E-state index in [9.17, 15) is 4.39 Å². The van der Waals surface area contributed by atoms with E-state index < -0.39 is 0 Å². The van der Waals surface area contributed by atoms with Crippen molar-refractivity contribution in [2.24, 2.45) is 5.84 Å². The van der Waals surface area contributed by atoms with Crippen molar-refractivity contribution in [3.05, 3.63) is 29.0 Å². The fraction of sp³-hybridized carbons (Fsp3) is 0.143. The first-order chi connectivity index (χ1) is 4.74. The van der Waals surface area contributed by atoms with Crippen molar-refractivity contribution in [2.75, 3.05) is 5.43 Å². The van der Waals surface area contributed by atoms with Crippen LogP contribution in [0.15, 0.2) is 18.2 Å². The zero-order chi connectivity index (χ0) is 7.56. The van der Waals surface area contributed by atoms with E-state index in [2.05, 4.69) is 5.43 Å². The molecule has 0 unspecified atom stereocenters. The van der Waals surface area contributed by atoms with E-state index in [0.717, 1.165) is 0 Å². The highest BCUT2D eigenvalue weighted by atomic mass is 35.5. The highest BCUT2D eigenvalue weighted by Gasteiger charge is 1.97. The van der Waals surface area contributed by atoms with Crippen LogP contribution in [0.25, 0.3) is 0 Å². The summed E-state index contributed by atoms with van der Waals surface area (Å²) in [7, 11) is 0. The quantitative estimate of drug-likeness (QED) is 0.556. The zero-order valence-electron chi connectivity index (χ0n) is 5.47. The second-order valence-electron chi connectivity index (χ2n) is 1.77. The Morgan fingerprint density at radius 3 is 2.42 bits per heavy atom. The highest BCUT2D eigenvalue weighted by Crippen LogP contribution is 2.20. The monoisotopic (exact) mass is 212 g/mol. The Hall–Kier alpha value is -0.510. The molecule has 1 aromatic rings. The zero-order valence-corrected chi connectivity index (χ0v) is 7.05. The fourth-order valence-electron chi connectivity index (χ4n) is 0.608. The van der Waals surface area contributed by atoms with Crippen LogP contribution in [0.3, 0.4) is 0 Å². The molecule has 0 aliphatic rings. The van der Waals surface area contributed by atoms with E-state index in [1.165, 1.54) is 18.2 Å². The molecule has 0 amide bonds. The molecule has 0 bridgehead atoms. The lowest BCUT2D eigenvalue weighted by Gasteiger charge is -2.00. The summed E-state index contributed by atoms with van der Waals surface area (Å²) in [6.45, 7) is 0. The predicted octanol–water partition coefficient (Wildman–Crippen LogP) is 2.82. The van der Waals surface area contributed by atoms with Gasteiger partial charge in [0.15, 0.2) is 0 Å². The number of hydrogen-bond acceptors (Lipinski definition) is 2. The minimum absolute atomic E-state index is 0.